The monoisotopic (exact) mass is 300 g/mol. The van der Waals surface area contributed by atoms with E-state index in [1.165, 1.54) is 0 Å². The Bertz CT molecular complexity index is 616. The fourth-order valence-electron chi connectivity index (χ4n) is 2.74. The van der Waals surface area contributed by atoms with E-state index in [0.717, 1.165) is 18.8 Å². The molecule has 2 heterocycles. The second-order valence-corrected chi connectivity index (χ2v) is 5.51. The van der Waals surface area contributed by atoms with Crippen LogP contribution in [0, 0.1) is 0 Å². The molecule has 1 atom stereocenters. The van der Waals surface area contributed by atoms with Gasteiger partial charge in [-0.3, -0.25) is 4.79 Å². The van der Waals surface area contributed by atoms with E-state index >= 15 is 0 Å². The van der Waals surface area contributed by atoms with Crippen molar-refractivity contribution in [3.8, 4) is 5.75 Å². The number of aromatic hydroxyl groups is 1. The Morgan fingerprint density at radius 2 is 1.86 bits per heavy atom. The standard InChI is InChI=1S/C16H20N4O2/c1-13(20-7-6-17-12-20)16(22)19-10-8-18(9-11-19)14-2-4-15(21)5-3-14/h2-7,12-13,21H,8-11H2,1H3. The van der Waals surface area contributed by atoms with Crippen LogP contribution in [0.1, 0.15) is 13.0 Å². The minimum atomic E-state index is -0.220. The van der Waals surface area contributed by atoms with E-state index in [9.17, 15) is 9.90 Å². The first-order valence-electron chi connectivity index (χ1n) is 7.45. The third-order valence-electron chi connectivity index (χ3n) is 4.14. The van der Waals surface area contributed by atoms with Gasteiger partial charge in [0.15, 0.2) is 0 Å². The van der Waals surface area contributed by atoms with Gasteiger partial charge in [0.2, 0.25) is 5.91 Å². The maximum atomic E-state index is 12.5. The molecule has 1 amide bonds. The van der Waals surface area contributed by atoms with Crippen LogP contribution >= 0.6 is 0 Å². The molecular weight excluding hydrogens is 280 g/mol. The van der Waals surface area contributed by atoms with Gasteiger partial charge in [-0.25, -0.2) is 4.98 Å². The summed E-state index contributed by atoms with van der Waals surface area (Å²) in [6, 6.07) is 6.96. The van der Waals surface area contributed by atoms with Crippen LogP contribution in [0.4, 0.5) is 5.69 Å². The minimum absolute atomic E-state index is 0.128. The van der Waals surface area contributed by atoms with E-state index in [-0.39, 0.29) is 17.7 Å². The fourth-order valence-corrected chi connectivity index (χ4v) is 2.74. The van der Waals surface area contributed by atoms with Crippen molar-refractivity contribution >= 4 is 11.6 Å². The highest BCUT2D eigenvalue weighted by Crippen LogP contribution is 2.20. The highest BCUT2D eigenvalue weighted by atomic mass is 16.3. The molecule has 1 aliphatic heterocycles. The Morgan fingerprint density at radius 1 is 1.18 bits per heavy atom. The summed E-state index contributed by atoms with van der Waals surface area (Å²) in [5.41, 5.74) is 1.08. The largest absolute Gasteiger partial charge is 0.508 e. The molecule has 1 aromatic carbocycles. The summed E-state index contributed by atoms with van der Waals surface area (Å²) in [5, 5.41) is 9.34. The van der Waals surface area contributed by atoms with Gasteiger partial charge < -0.3 is 19.5 Å². The lowest BCUT2D eigenvalue weighted by molar-refractivity contribution is -0.134. The van der Waals surface area contributed by atoms with Gasteiger partial charge in [0, 0.05) is 44.3 Å². The van der Waals surface area contributed by atoms with Crippen LogP contribution < -0.4 is 4.90 Å². The zero-order chi connectivity index (χ0) is 15.5. The first kappa shape index (κ1) is 14.4. The topological polar surface area (TPSA) is 61.6 Å². The minimum Gasteiger partial charge on any atom is -0.508 e. The quantitative estimate of drug-likeness (QED) is 0.933. The number of nitrogens with zero attached hydrogens (tertiary/aromatic N) is 4. The van der Waals surface area contributed by atoms with Crippen molar-refractivity contribution in [2.75, 3.05) is 31.1 Å². The summed E-state index contributed by atoms with van der Waals surface area (Å²) in [4.78, 5) is 20.6. The molecule has 0 bridgehead atoms. The summed E-state index contributed by atoms with van der Waals surface area (Å²) in [6.45, 7) is 4.91. The van der Waals surface area contributed by atoms with Crippen LogP contribution in [-0.4, -0.2) is 51.6 Å². The summed E-state index contributed by atoms with van der Waals surface area (Å²) < 4.78 is 1.83. The van der Waals surface area contributed by atoms with Gasteiger partial charge in [-0.15, -0.1) is 0 Å². The van der Waals surface area contributed by atoms with Gasteiger partial charge >= 0.3 is 0 Å². The van der Waals surface area contributed by atoms with Gasteiger partial charge in [0.05, 0.1) is 6.33 Å². The number of imidazole rings is 1. The van der Waals surface area contributed by atoms with E-state index in [4.69, 9.17) is 0 Å². The summed E-state index contributed by atoms with van der Waals surface area (Å²) in [7, 11) is 0. The molecule has 6 nitrogen and oxygen atoms in total. The first-order chi connectivity index (χ1) is 10.6. The highest BCUT2D eigenvalue weighted by Gasteiger charge is 2.25. The van der Waals surface area contributed by atoms with Gasteiger partial charge in [-0.1, -0.05) is 0 Å². The van der Waals surface area contributed by atoms with Gasteiger partial charge in [-0.2, -0.15) is 0 Å². The molecule has 1 N–H and O–H groups in total. The van der Waals surface area contributed by atoms with Crippen LogP contribution in [0.5, 0.6) is 5.75 Å². The lowest BCUT2D eigenvalue weighted by Gasteiger charge is -2.37. The molecule has 3 rings (SSSR count). The number of hydrogen-bond donors (Lipinski definition) is 1. The van der Waals surface area contributed by atoms with Crippen molar-refractivity contribution in [2.45, 2.75) is 13.0 Å². The molecule has 22 heavy (non-hydrogen) atoms. The van der Waals surface area contributed by atoms with Crippen molar-refractivity contribution in [1.82, 2.24) is 14.5 Å². The molecule has 1 aromatic heterocycles. The molecule has 0 aliphatic carbocycles. The number of rotatable bonds is 3. The van der Waals surface area contributed by atoms with Crippen LogP contribution in [-0.2, 0) is 4.79 Å². The maximum absolute atomic E-state index is 12.5. The summed E-state index contributed by atoms with van der Waals surface area (Å²) in [5.74, 6) is 0.398. The van der Waals surface area contributed by atoms with E-state index in [0.29, 0.717) is 13.1 Å². The number of carbonyl (C=O) groups is 1. The van der Waals surface area contributed by atoms with Gasteiger partial charge in [0.1, 0.15) is 11.8 Å². The van der Waals surface area contributed by atoms with Crippen molar-refractivity contribution in [1.29, 1.82) is 0 Å². The molecule has 6 heteroatoms. The second kappa shape index (κ2) is 6.09. The predicted molar refractivity (Wildman–Crippen MR) is 83.8 cm³/mol. The van der Waals surface area contributed by atoms with Crippen LogP contribution in [0.15, 0.2) is 43.0 Å². The summed E-state index contributed by atoms with van der Waals surface area (Å²) in [6.07, 6.45) is 5.18. The van der Waals surface area contributed by atoms with E-state index in [1.54, 1.807) is 24.7 Å². The number of carbonyl (C=O) groups excluding carboxylic acids is 1. The average molecular weight is 300 g/mol. The molecule has 0 radical (unpaired) electrons. The normalized spacial score (nSPS) is 16.6. The average Bonchev–Trinajstić information content (AvgIpc) is 3.09. The molecule has 2 aromatic rings. The zero-order valence-electron chi connectivity index (χ0n) is 12.6. The van der Waals surface area contributed by atoms with E-state index in [2.05, 4.69) is 9.88 Å². The molecule has 1 fully saturated rings. The van der Waals surface area contributed by atoms with Gasteiger partial charge in [0.25, 0.3) is 0 Å². The number of benzene rings is 1. The van der Waals surface area contributed by atoms with Crippen molar-refractivity contribution in [2.24, 2.45) is 0 Å². The van der Waals surface area contributed by atoms with E-state index in [1.807, 2.05) is 34.7 Å². The number of hydrogen-bond acceptors (Lipinski definition) is 4. The van der Waals surface area contributed by atoms with Crippen molar-refractivity contribution in [3.05, 3.63) is 43.0 Å². The number of anilines is 1. The number of phenolic OH excluding ortho intramolecular Hbond substituents is 1. The van der Waals surface area contributed by atoms with Gasteiger partial charge in [-0.05, 0) is 31.2 Å². The Balaban J connectivity index is 1.59. The van der Waals surface area contributed by atoms with Crippen molar-refractivity contribution < 1.29 is 9.90 Å². The molecule has 1 aliphatic rings. The SMILES string of the molecule is CC(C(=O)N1CCN(c2ccc(O)cc2)CC1)n1ccnc1. The van der Waals surface area contributed by atoms with E-state index < -0.39 is 0 Å². The number of aromatic nitrogens is 2. The van der Waals surface area contributed by atoms with Crippen LogP contribution in [0.25, 0.3) is 0 Å². The Labute approximate surface area is 129 Å². The molecular formula is C16H20N4O2. The third-order valence-corrected chi connectivity index (χ3v) is 4.14. The summed E-state index contributed by atoms with van der Waals surface area (Å²) >= 11 is 0. The fraction of sp³-hybridized carbons (Fsp3) is 0.375. The zero-order valence-corrected chi connectivity index (χ0v) is 12.6. The number of phenols is 1. The maximum Gasteiger partial charge on any atom is 0.245 e. The number of piperazine rings is 1. The smallest absolute Gasteiger partial charge is 0.245 e. The van der Waals surface area contributed by atoms with Crippen molar-refractivity contribution in [3.63, 3.8) is 0 Å². The Hall–Kier alpha value is -2.50. The van der Waals surface area contributed by atoms with Crippen LogP contribution in [0.2, 0.25) is 0 Å². The first-order valence-corrected chi connectivity index (χ1v) is 7.45. The lowest BCUT2D eigenvalue weighted by atomic mass is 10.2. The Kier molecular flexibility index (Phi) is 4.00. The molecule has 1 saturated heterocycles. The lowest BCUT2D eigenvalue weighted by Crippen LogP contribution is -2.50. The molecule has 116 valence electrons. The van der Waals surface area contributed by atoms with Crippen LogP contribution in [0.3, 0.4) is 0 Å². The predicted octanol–water partition coefficient (Wildman–Crippen LogP) is 1.50. The second-order valence-electron chi connectivity index (χ2n) is 5.51. The molecule has 1 unspecified atom stereocenters. The molecule has 0 spiro atoms. The third kappa shape index (κ3) is 2.90. The molecule has 0 saturated carbocycles. The highest BCUT2D eigenvalue weighted by molar-refractivity contribution is 5.80. The number of amides is 1. The Morgan fingerprint density at radius 3 is 2.45 bits per heavy atom.